The number of hydrogen-bond acceptors (Lipinski definition) is 2. The molecule has 0 aromatic carbocycles. The van der Waals surface area contributed by atoms with Crippen LogP contribution in [0.25, 0.3) is 0 Å². The first-order chi connectivity index (χ1) is 16.7. The van der Waals surface area contributed by atoms with Gasteiger partial charge in [-0.25, -0.2) is 0 Å². The van der Waals surface area contributed by atoms with Crippen molar-refractivity contribution in [3.05, 3.63) is 0 Å². The minimum atomic E-state index is -1.94. The molecule has 2 nitrogen and oxygen atoms in total. The lowest BCUT2D eigenvalue weighted by atomic mass is 10.1. The fraction of sp³-hybridized carbons (Fsp3) is 1.00. The molecule has 0 saturated heterocycles. The second-order valence-electron chi connectivity index (χ2n) is 11.0. The molecule has 0 aliphatic rings. The summed E-state index contributed by atoms with van der Waals surface area (Å²) in [7, 11) is 1.86. The van der Waals surface area contributed by atoms with Crippen molar-refractivity contribution >= 4 is 8.56 Å². The first kappa shape index (κ1) is 34.1. The van der Waals surface area contributed by atoms with Gasteiger partial charge < -0.3 is 8.85 Å². The van der Waals surface area contributed by atoms with Crippen LogP contribution >= 0.6 is 0 Å². The van der Waals surface area contributed by atoms with Crippen molar-refractivity contribution in [1.29, 1.82) is 0 Å². The standard InChI is InChI=1S/C31H66O2Si/c1-5-7-9-11-13-15-17-19-21-23-25-27-29-31-34(32-3,33-4)30-28-26-24-22-20-18-16-14-12-10-8-6-2/h5-31H2,1-4H3. The van der Waals surface area contributed by atoms with Gasteiger partial charge in [-0.2, -0.15) is 0 Å². The van der Waals surface area contributed by atoms with E-state index in [9.17, 15) is 0 Å². The lowest BCUT2D eigenvalue weighted by Gasteiger charge is -2.27. The first-order valence-corrected chi connectivity index (χ1v) is 18.1. The highest BCUT2D eigenvalue weighted by Crippen LogP contribution is 2.25. The Morgan fingerprint density at radius 1 is 0.324 bits per heavy atom. The molecule has 0 atom stereocenters. The lowest BCUT2D eigenvalue weighted by Crippen LogP contribution is -2.39. The Bertz CT molecular complexity index is 370. The maximum absolute atomic E-state index is 6.01. The van der Waals surface area contributed by atoms with Gasteiger partial charge in [-0.1, -0.05) is 174 Å². The van der Waals surface area contributed by atoms with Crippen LogP contribution in [0.5, 0.6) is 0 Å². The van der Waals surface area contributed by atoms with Crippen LogP contribution in [0.1, 0.15) is 174 Å². The maximum atomic E-state index is 6.01. The van der Waals surface area contributed by atoms with Crippen LogP contribution < -0.4 is 0 Å². The molecule has 0 aromatic rings. The van der Waals surface area contributed by atoms with Crippen LogP contribution in [0, 0.1) is 0 Å². The van der Waals surface area contributed by atoms with Crippen LogP contribution in [0.15, 0.2) is 0 Å². The summed E-state index contributed by atoms with van der Waals surface area (Å²) in [6.45, 7) is 4.60. The highest BCUT2D eigenvalue weighted by Gasteiger charge is 2.33. The van der Waals surface area contributed by atoms with Crippen molar-refractivity contribution in [3.8, 4) is 0 Å². The third-order valence-corrected chi connectivity index (χ3v) is 11.5. The van der Waals surface area contributed by atoms with Gasteiger partial charge in [0.1, 0.15) is 0 Å². The Morgan fingerprint density at radius 2 is 0.529 bits per heavy atom. The average molecular weight is 499 g/mol. The van der Waals surface area contributed by atoms with Crippen LogP contribution in [-0.2, 0) is 8.85 Å². The number of hydrogen-bond donors (Lipinski definition) is 0. The summed E-state index contributed by atoms with van der Waals surface area (Å²) in [6.07, 6.45) is 35.3. The molecule has 0 radical (unpaired) electrons. The Kier molecular flexibility index (Phi) is 27.8. The van der Waals surface area contributed by atoms with Gasteiger partial charge in [-0.3, -0.25) is 0 Å². The SMILES string of the molecule is CCCCCCCCCCCCCCC[Si](CCCCCCCCCCCCCC)(OC)OC. The Labute approximate surface area is 218 Å². The largest absolute Gasteiger partial charge is 0.398 e. The molecule has 0 unspecified atom stereocenters. The summed E-state index contributed by atoms with van der Waals surface area (Å²) in [4.78, 5) is 0. The van der Waals surface area contributed by atoms with Crippen LogP contribution in [-0.4, -0.2) is 22.8 Å². The third-order valence-electron chi connectivity index (χ3n) is 7.82. The van der Waals surface area contributed by atoms with E-state index in [-0.39, 0.29) is 0 Å². The minimum Gasteiger partial charge on any atom is -0.398 e. The predicted molar refractivity (Wildman–Crippen MR) is 156 cm³/mol. The van der Waals surface area contributed by atoms with E-state index in [1.807, 2.05) is 14.2 Å². The Balaban J connectivity index is 3.57. The molecule has 0 saturated carbocycles. The molecule has 0 rings (SSSR count). The van der Waals surface area contributed by atoms with Gasteiger partial charge in [0, 0.05) is 14.2 Å². The maximum Gasteiger partial charge on any atom is 0.337 e. The number of rotatable bonds is 29. The highest BCUT2D eigenvalue weighted by atomic mass is 28.4. The quantitative estimate of drug-likeness (QED) is 0.0753. The molecule has 0 spiro atoms. The van der Waals surface area contributed by atoms with Gasteiger partial charge in [0.2, 0.25) is 0 Å². The van der Waals surface area contributed by atoms with Crippen LogP contribution in [0.3, 0.4) is 0 Å². The van der Waals surface area contributed by atoms with Gasteiger partial charge in [0.15, 0.2) is 0 Å². The highest BCUT2D eigenvalue weighted by molar-refractivity contribution is 6.67. The molecule has 0 amide bonds. The fourth-order valence-electron chi connectivity index (χ4n) is 5.26. The Hall–Kier alpha value is 0.137. The molecule has 34 heavy (non-hydrogen) atoms. The van der Waals surface area contributed by atoms with Crippen molar-refractivity contribution in [3.63, 3.8) is 0 Å². The molecule has 0 aliphatic heterocycles. The van der Waals surface area contributed by atoms with E-state index in [1.165, 1.54) is 173 Å². The second-order valence-corrected chi connectivity index (χ2v) is 14.6. The molecule has 206 valence electrons. The molecule has 0 aliphatic carbocycles. The zero-order chi connectivity index (χ0) is 25.0. The molecule has 0 fully saturated rings. The van der Waals surface area contributed by atoms with E-state index in [2.05, 4.69) is 13.8 Å². The van der Waals surface area contributed by atoms with Gasteiger partial charge in [-0.05, 0) is 12.1 Å². The molecule has 0 aromatic heterocycles. The first-order valence-electron chi connectivity index (χ1n) is 15.8. The zero-order valence-electron chi connectivity index (χ0n) is 24.4. The topological polar surface area (TPSA) is 18.5 Å². The molecular formula is C31H66O2Si. The third kappa shape index (κ3) is 22.6. The molecule has 0 N–H and O–H groups in total. The van der Waals surface area contributed by atoms with Crippen molar-refractivity contribution in [1.82, 2.24) is 0 Å². The average Bonchev–Trinajstić information content (AvgIpc) is 2.86. The van der Waals surface area contributed by atoms with Gasteiger partial charge in [-0.15, -0.1) is 0 Å². The Morgan fingerprint density at radius 3 is 0.735 bits per heavy atom. The summed E-state index contributed by atoms with van der Waals surface area (Å²) in [5.41, 5.74) is 0. The van der Waals surface area contributed by atoms with E-state index < -0.39 is 8.56 Å². The van der Waals surface area contributed by atoms with E-state index in [1.54, 1.807) is 0 Å². The zero-order valence-corrected chi connectivity index (χ0v) is 25.4. The second kappa shape index (κ2) is 27.7. The smallest absolute Gasteiger partial charge is 0.337 e. The molecule has 0 heterocycles. The van der Waals surface area contributed by atoms with Gasteiger partial charge in [0.05, 0.1) is 0 Å². The molecule has 0 bridgehead atoms. The monoisotopic (exact) mass is 498 g/mol. The van der Waals surface area contributed by atoms with Crippen LogP contribution in [0.4, 0.5) is 0 Å². The summed E-state index contributed by atoms with van der Waals surface area (Å²) >= 11 is 0. The summed E-state index contributed by atoms with van der Waals surface area (Å²) in [5.74, 6) is 0. The minimum absolute atomic E-state index is 1.19. The van der Waals surface area contributed by atoms with Gasteiger partial charge in [0.25, 0.3) is 0 Å². The predicted octanol–water partition coefficient (Wildman–Crippen LogP) is 11.5. The van der Waals surface area contributed by atoms with E-state index in [0.717, 1.165) is 0 Å². The van der Waals surface area contributed by atoms with Crippen molar-refractivity contribution < 1.29 is 8.85 Å². The molecular weight excluding hydrogens is 432 g/mol. The molecule has 3 heteroatoms. The van der Waals surface area contributed by atoms with Gasteiger partial charge >= 0.3 is 8.56 Å². The summed E-state index contributed by atoms with van der Waals surface area (Å²) < 4.78 is 12.0. The fourth-order valence-corrected chi connectivity index (χ4v) is 8.07. The lowest BCUT2D eigenvalue weighted by molar-refractivity contribution is 0.238. The summed E-state index contributed by atoms with van der Waals surface area (Å²) in [6, 6.07) is 2.38. The van der Waals surface area contributed by atoms with Crippen molar-refractivity contribution in [2.45, 2.75) is 186 Å². The summed E-state index contributed by atoms with van der Waals surface area (Å²) in [5, 5.41) is 0. The van der Waals surface area contributed by atoms with E-state index in [0.29, 0.717) is 0 Å². The normalized spacial score (nSPS) is 12.0. The van der Waals surface area contributed by atoms with Crippen molar-refractivity contribution in [2.24, 2.45) is 0 Å². The van der Waals surface area contributed by atoms with E-state index >= 15 is 0 Å². The van der Waals surface area contributed by atoms with E-state index in [4.69, 9.17) is 8.85 Å². The van der Waals surface area contributed by atoms with Crippen molar-refractivity contribution in [2.75, 3.05) is 14.2 Å². The van der Waals surface area contributed by atoms with Crippen LogP contribution in [0.2, 0.25) is 12.1 Å². The number of unbranched alkanes of at least 4 members (excludes halogenated alkanes) is 23.